The third-order valence-electron chi connectivity index (χ3n) is 1.97. The highest BCUT2D eigenvalue weighted by Gasteiger charge is 2.21. The van der Waals surface area contributed by atoms with Crippen molar-refractivity contribution in [3.05, 3.63) is 43.2 Å². The molecule has 78 valence electrons. The maximum Gasteiger partial charge on any atom is 0.195 e. The summed E-state index contributed by atoms with van der Waals surface area (Å²) in [7, 11) is 0. The van der Waals surface area contributed by atoms with Crippen molar-refractivity contribution in [1.82, 2.24) is 0 Å². The number of carbonyl (C=O) groups is 1. The topological polar surface area (TPSA) is 43.1 Å². The lowest BCUT2D eigenvalue weighted by molar-refractivity contribution is 0.0966. The molecule has 0 amide bonds. The van der Waals surface area contributed by atoms with Gasteiger partial charge in [-0.2, -0.15) is 0 Å². The SMILES string of the molecule is NC(C(=O)c1sccc1Br)c1cccs1. The van der Waals surface area contributed by atoms with Gasteiger partial charge < -0.3 is 5.73 Å². The van der Waals surface area contributed by atoms with Gasteiger partial charge in [-0.15, -0.1) is 22.7 Å². The van der Waals surface area contributed by atoms with Crippen molar-refractivity contribution >= 4 is 44.4 Å². The van der Waals surface area contributed by atoms with Crippen LogP contribution in [0.5, 0.6) is 0 Å². The van der Waals surface area contributed by atoms with E-state index in [4.69, 9.17) is 5.73 Å². The Labute approximate surface area is 104 Å². The number of ketones is 1. The Hall–Kier alpha value is -0.490. The Morgan fingerprint density at radius 3 is 2.67 bits per heavy atom. The van der Waals surface area contributed by atoms with E-state index in [-0.39, 0.29) is 5.78 Å². The van der Waals surface area contributed by atoms with E-state index in [9.17, 15) is 4.79 Å². The molecule has 0 aliphatic carbocycles. The predicted molar refractivity (Wildman–Crippen MR) is 67.6 cm³/mol. The van der Waals surface area contributed by atoms with Crippen LogP contribution in [0.4, 0.5) is 0 Å². The Kier molecular flexibility index (Phi) is 3.35. The van der Waals surface area contributed by atoms with Crippen LogP contribution in [0.3, 0.4) is 0 Å². The summed E-state index contributed by atoms with van der Waals surface area (Å²) in [5.74, 6) is -0.0284. The molecule has 2 aromatic rings. The summed E-state index contributed by atoms with van der Waals surface area (Å²) in [5.41, 5.74) is 5.89. The lowest BCUT2D eigenvalue weighted by Crippen LogP contribution is -2.19. The fourth-order valence-electron chi connectivity index (χ4n) is 1.21. The van der Waals surface area contributed by atoms with Gasteiger partial charge in [-0.05, 0) is 38.8 Å². The monoisotopic (exact) mass is 301 g/mol. The minimum Gasteiger partial charge on any atom is -0.317 e. The van der Waals surface area contributed by atoms with E-state index < -0.39 is 6.04 Å². The average molecular weight is 302 g/mol. The zero-order chi connectivity index (χ0) is 10.8. The number of halogens is 1. The van der Waals surface area contributed by atoms with Gasteiger partial charge in [0.15, 0.2) is 5.78 Å². The molecule has 0 aliphatic rings. The molecule has 1 unspecified atom stereocenters. The van der Waals surface area contributed by atoms with Crippen LogP contribution < -0.4 is 5.73 Å². The van der Waals surface area contributed by atoms with Gasteiger partial charge in [0.25, 0.3) is 0 Å². The van der Waals surface area contributed by atoms with Gasteiger partial charge in [0.2, 0.25) is 0 Å². The fourth-order valence-corrected chi connectivity index (χ4v) is 3.48. The van der Waals surface area contributed by atoms with Crippen LogP contribution in [0.15, 0.2) is 33.4 Å². The van der Waals surface area contributed by atoms with Crippen molar-refractivity contribution in [2.75, 3.05) is 0 Å². The number of hydrogen-bond acceptors (Lipinski definition) is 4. The number of Topliss-reactive ketones (excluding diaryl/α,β-unsaturated/α-hetero) is 1. The summed E-state index contributed by atoms with van der Waals surface area (Å²) in [6.07, 6.45) is 0. The quantitative estimate of drug-likeness (QED) is 0.882. The summed E-state index contributed by atoms with van der Waals surface area (Å²) in [6, 6.07) is 5.10. The van der Waals surface area contributed by atoms with Crippen LogP contribution in [0.25, 0.3) is 0 Å². The second-order valence-corrected chi connectivity index (χ2v) is 5.70. The van der Waals surface area contributed by atoms with E-state index in [2.05, 4.69) is 15.9 Å². The van der Waals surface area contributed by atoms with Crippen LogP contribution in [0, 0.1) is 0 Å². The molecule has 0 spiro atoms. The lowest BCUT2D eigenvalue weighted by Gasteiger charge is -2.06. The average Bonchev–Trinajstić information content (AvgIpc) is 2.85. The highest BCUT2D eigenvalue weighted by atomic mass is 79.9. The minimum absolute atomic E-state index is 0.0284. The van der Waals surface area contributed by atoms with E-state index >= 15 is 0 Å². The molecule has 2 nitrogen and oxygen atoms in total. The highest BCUT2D eigenvalue weighted by molar-refractivity contribution is 9.10. The first-order valence-electron chi connectivity index (χ1n) is 4.26. The summed E-state index contributed by atoms with van der Waals surface area (Å²) in [4.78, 5) is 13.6. The number of thiophene rings is 2. The summed E-state index contributed by atoms with van der Waals surface area (Å²) in [6.45, 7) is 0. The van der Waals surface area contributed by atoms with Crippen molar-refractivity contribution in [3.63, 3.8) is 0 Å². The number of carbonyl (C=O) groups excluding carboxylic acids is 1. The molecule has 0 aromatic carbocycles. The van der Waals surface area contributed by atoms with Crippen LogP contribution in [0.1, 0.15) is 20.6 Å². The molecule has 2 heterocycles. The maximum atomic E-state index is 12.0. The second-order valence-electron chi connectivity index (χ2n) is 2.96. The molecular formula is C10H8BrNOS2. The summed E-state index contributed by atoms with van der Waals surface area (Å²) in [5, 5.41) is 3.80. The van der Waals surface area contributed by atoms with Crippen LogP contribution >= 0.6 is 38.6 Å². The molecule has 0 saturated carbocycles. The van der Waals surface area contributed by atoms with E-state index in [1.54, 1.807) is 0 Å². The molecule has 15 heavy (non-hydrogen) atoms. The molecule has 1 atom stereocenters. The molecule has 5 heteroatoms. The fraction of sp³-hybridized carbons (Fsp3) is 0.100. The van der Waals surface area contributed by atoms with Gasteiger partial charge in [-0.25, -0.2) is 0 Å². The Balaban J connectivity index is 2.26. The molecule has 0 saturated heterocycles. The molecular weight excluding hydrogens is 294 g/mol. The van der Waals surface area contributed by atoms with E-state index in [1.807, 2.05) is 29.0 Å². The first-order valence-corrected chi connectivity index (χ1v) is 6.81. The van der Waals surface area contributed by atoms with Crippen molar-refractivity contribution in [1.29, 1.82) is 0 Å². The van der Waals surface area contributed by atoms with Gasteiger partial charge >= 0.3 is 0 Å². The van der Waals surface area contributed by atoms with Gasteiger partial charge in [0.05, 0.1) is 4.88 Å². The Morgan fingerprint density at radius 1 is 1.33 bits per heavy atom. The molecule has 0 fully saturated rings. The molecule has 2 N–H and O–H groups in total. The zero-order valence-corrected chi connectivity index (χ0v) is 10.9. The van der Waals surface area contributed by atoms with Gasteiger partial charge in [0, 0.05) is 9.35 Å². The molecule has 2 aromatic heterocycles. The number of nitrogens with two attached hydrogens (primary N) is 1. The van der Waals surface area contributed by atoms with Crippen LogP contribution in [0.2, 0.25) is 0 Å². The van der Waals surface area contributed by atoms with Crippen molar-refractivity contribution in [2.45, 2.75) is 6.04 Å². The van der Waals surface area contributed by atoms with Crippen molar-refractivity contribution in [3.8, 4) is 0 Å². The molecule has 0 radical (unpaired) electrons. The smallest absolute Gasteiger partial charge is 0.195 e. The Morgan fingerprint density at radius 2 is 2.13 bits per heavy atom. The predicted octanol–water partition coefficient (Wildman–Crippen LogP) is 3.45. The summed E-state index contributed by atoms with van der Waals surface area (Å²) >= 11 is 6.25. The van der Waals surface area contributed by atoms with Gasteiger partial charge in [0.1, 0.15) is 6.04 Å². The standard InChI is InChI=1S/C10H8BrNOS2/c11-6-3-5-15-10(6)9(13)8(12)7-2-1-4-14-7/h1-5,8H,12H2. The normalized spacial score (nSPS) is 12.7. The highest BCUT2D eigenvalue weighted by Crippen LogP contribution is 2.28. The first-order chi connectivity index (χ1) is 7.20. The van der Waals surface area contributed by atoms with E-state index in [0.29, 0.717) is 4.88 Å². The first kappa shape index (κ1) is 11.0. The number of hydrogen-bond donors (Lipinski definition) is 1. The summed E-state index contributed by atoms with van der Waals surface area (Å²) < 4.78 is 0.824. The van der Waals surface area contributed by atoms with E-state index in [0.717, 1.165) is 9.35 Å². The number of rotatable bonds is 3. The maximum absolute atomic E-state index is 12.0. The molecule has 0 aliphatic heterocycles. The third kappa shape index (κ3) is 2.20. The zero-order valence-electron chi connectivity index (χ0n) is 7.64. The minimum atomic E-state index is -0.542. The molecule has 0 bridgehead atoms. The third-order valence-corrected chi connectivity index (χ3v) is 4.78. The van der Waals surface area contributed by atoms with Crippen LogP contribution in [-0.2, 0) is 0 Å². The lowest BCUT2D eigenvalue weighted by atomic mass is 10.1. The van der Waals surface area contributed by atoms with Crippen molar-refractivity contribution < 1.29 is 4.79 Å². The largest absolute Gasteiger partial charge is 0.317 e. The van der Waals surface area contributed by atoms with E-state index in [1.165, 1.54) is 22.7 Å². The van der Waals surface area contributed by atoms with Crippen LogP contribution in [-0.4, -0.2) is 5.78 Å². The second kappa shape index (κ2) is 4.57. The Bertz CT molecular complexity index is 463. The molecule has 2 rings (SSSR count). The van der Waals surface area contributed by atoms with Gasteiger partial charge in [-0.1, -0.05) is 6.07 Å². The van der Waals surface area contributed by atoms with Gasteiger partial charge in [-0.3, -0.25) is 4.79 Å². The van der Waals surface area contributed by atoms with Crippen molar-refractivity contribution in [2.24, 2.45) is 5.73 Å².